The van der Waals surface area contributed by atoms with E-state index in [1.54, 1.807) is 35.9 Å². The number of hydrogen-bond acceptors (Lipinski definition) is 7. The summed E-state index contributed by atoms with van der Waals surface area (Å²) in [5, 5.41) is 0.546. The van der Waals surface area contributed by atoms with E-state index in [4.69, 9.17) is 42.1 Å². The van der Waals surface area contributed by atoms with Crippen molar-refractivity contribution in [3.05, 3.63) is 55.7 Å². The first-order valence-corrected chi connectivity index (χ1v) is 12.3. The quantitative estimate of drug-likeness (QED) is 0.406. The number of aromatic nitrogens is 2. The summed E-state index contributed by atoms with van der Waals surface area (Å²) < 4.78 is 46.3. The van der Waals surface area contributed by atoms with Gasteiger partial charge in [-0.2, -0.15) is 0 Å². The van der Waals surface area contributed by atoms with Crippen molar-refractivity contribution in [2.75, 3.05) is 13.8 Å². The number of benzene rings is 1. The number of phosphoric ester groups is 1. The van der Waals surface area contributed by atoms with E-state index in [-0.39, 0.29) is 31.1 Å². The molecular formula is C20H27ClFN2O6PS. The van der Waals surface area contributed by atoms with Gasteiger partial charge in [-0.3, -0.25) is 27.8 Å². The molecule has 0 amide bonds. The van der Waals surface area contributed by atoms with Crippen LogP contribution in [0.15, 0.2) is 29.2 Å². The van der Waals surface area contributed by atoms with Gasteiger partial charge in [0.1, 0.15) is 12.0 Å². The maximum Gasteiger partial charge on any atom is 0.530 e. The average molecular weight is 509 g/mol. The fraction of sp³-hybridized carbons (Fsp3) is 0.500. The predicted molar refractivity (Wildman–Crippen MR) is 123 cm³/mol. The van der Waals surface area contributed by atoms with Crippen LogP contribution in [-0.2, 0) is 25.0 Å². The van der Waals surface area contributed by atoms with Crippen LogP contribution in [0.5, 0.6) is 5.75 Å². The summed E-state index contributed by atoms with van der Waals surface area (Å²) in [4.78, 5) is 14.2. The molecule has 0 spiro atoms. The molecule has 1 N–H and O–H groups in total. The Hall–Kier alpha value is -1.55. The molecule has 4 rings (SSSR count). The summed E-state index contributed by atoms with van der Waals surface area (Å²) in [6.45, 7) is 5.84. The molecule has 12 heteroatoms. The Bertz CT molecular complexity index is 1080. The zero-order valence-corrected chi connectivity index (χ0v) is 20.8. The molecule has 1 saturated heterocycles. The van der Waals surface area contributed by atoms with E-state index in [1.807, 2.05) is 13.8 Å². The van der Waals surface area contributed by atoms with E-state index in [2.05, 4.69) is 4.98 Å². The molecule has 32 heavy (non-hydrogen) atoms. The van der Waals surface area contributed by atoms with E-state index in [0.717, 1.165) is 0 Å². The van der Waals surface area contributed by atoms with Gasteiger partial charge in [-0.1, -0.05) is 25.4 Å². The van der Waals surface area contributed by atoms with Crippen molar-refractivity contribution in [3.8, 4) is 5.75 Å². The fourth-order valence-electron chi connectivity index (χ4n) is 3.10. The van der Waals surface area contributed by atoms with E-state index in [9.17, 15) is 13.8 Å². The molecule has 0 saturated carbocycles. The van der Waals surface area contributed by atoms with Crippen molar-refractivity contribution in [2.45, 2.75) is 52.6 Å². The molecule has 2 aromatic rings. The molecule has 1 fully saturated rings. The Morgan fingerprint density at radius 1 is 1.34 bits per heavy atom. The highest BCUT2D eigenvalue weighted by atomic mass is 35.5. The third-order valence-electron chi connectivity index (χ3n) is 4.57. The van der Waals surface area contributed by atoms with Crippen molar-refractivity contribution in [3.63, 3.8) is 0 Å². The number of nitrogens with zero attached hydrogens (tertiary/aromatic N) is 1. The van der Waals surface area contributed by atoms with Crippen LogP contribution in [0.3, 0.4) is 0 Å². The van der Waals surface area contributed by atoms with Crippen LogP contribution in [0.2, 0.25) is 5.02 Å². The van der Waals surface area contributed by atoms with Gasteiger partial charge in [0, 0.05) is 22.3 Å². The number of ether oxygens (including phenoxy) is 1. The minimum atomic E-state index is -3.73. The molecular weight excluding hydrogens is 482 g/mol. The second-order valence-electron chi connectivity index (χ2n) is 6.63. The smallest absolute Gasteiger partial charge is 0.404 e. The first-order chi connectivity index (χ1) is 15.3. The normalized spacial score (nSPS) is 23.7. The summed E-state index contributed by atoms with van der Waals surface area (Å²) in [7, 11) is -3.23. The van der Waals surface area contributed by atoms with Crippen molar-refractivity contribution < 1.29 is 27.3 Å². The van der Waals surface area contributed by atoms with Crippen molar-refractivity contribution >= 4 is 31.6 Å². The number of nitrogens with one attached hydrogen (secondary N) is 1. The van der Waals surface area contributed by atoms with Gasteiger partial charge in [0.05, 0.1) is 26.5 Å². The molecule has 1 aromatic carbocycles. The lowest BCUT2D eigenvalue weighted by atomic mass is 10.2. The number of rotatable bonds is 4. The molecule has 2 aliphatic rings. The van der Waals surface area contributed by atoms with Crippen LogP contribution in [-0.4, -0.2) is 29.4 Å². The highest BCUT2D eigenvalue weighted by Crippen LogP contribution is 2.55. The molecule has 0 aliphatic carbocycles. The molecule has 0 bridgehead atoms. The van der Waals surface area contributed by atoms with E-state index in [0.29, 0.717) is 46.7 Å². The lowest BCUT2D eigenvalue weighted by Gasteiger charge is -2.25. The zero-order chi connectivity index (χ0) is 23.9. The van der Waals surface area contributed by atoms with Gasteiger partial charge in [-0.05, 0) is 50.2 Å². The Morgan fingerprint density at radius 3 is 2.78 bits per heavy atom. The topological polar surface area (TPSA) is 91.8 Å². The van der Waals surface area contributed by atoms with Crippen LogP contribution >= 0.6 is 31.6 Å². The van der Waals surface area contributed by atoms with Crippen LogP contribution in [0.1, 0.15) is 44.0 Å². The zero-order valence-electron chi connectivity index (χ0n) is 18.3. The maximum absolute atomic E-state index is 12.7. The minimum Gasteiger partial charge on any atom is -0.404 e. The van der Waals surface area contributed by atoms with Gasteiger partial charge in [0.15, 0.2) is 4.77 Å². The van der Waals surface area contributed by atoms with Crippen LogP contribution < -0.4 is 10.1 Å². The number of phosphoric acid groups is 1. The number of aromatic amines is 1. The van der Waals surface area contributed by atoms with Crippen LogP contribution in [0.25, 0.3) is 0 Å². The number of aryl methyl sites for hydroxylation is 1. The van der Waals surface area contributed by atoms with Gasteiger partial charge in [-0.15, -0.1) is 0 Å². The lowest BCUT2D eigenvalue weighted by Crippen LogP contribution is -2.21. The number of hydrogen-bond donors (Lipinski definition) is 1. The molecule has 3 atom stereocenters. The third kappa shape index (κ3) is 6.50. The minimum absolute atomic E-state index is 0.0480. The Kier molecular flexibility index (Phi) is 10.1. The van der Waals surface area contributed by atoms with Crippen molar-refractivity contribution in [1.29, 1.82) is 0 Å². The second-order valence-corrected chi connectivity index (χ2v) is 9.05. The molecule has 1 aromatic heterocycles. The number of fused-ring (bicyclic) bond motifs is 1. The fourth-order valence-corrected chi connectivity index (χ4v) is 4.80. The molecule has 0 radical (unpaired) electrons. The highest BCUT2D eigenvalue weighted by molar-refractivity contribution is 7.71. The van der Waals surface area contributed by atoms with E-state index < -0.39 is 7.82 Å². The molecule has 3 heterocycles. The monoisotopic (exact) mass is 508 g/mol. The number of alkyl halides is 1. The van der Waals surface area contributed by atoms with Gasteiger partial charge >= 0.3 is 7.82 Å². The SMILES string of the molecule is CC.CF.Cc1cn(C2CCC(COP3(=O)OCc4cc(Cl)ccc4O3)O2)c(=S)[nH]c1=O. The molecule has 2 aliphatic heterocycles. The predicted octanol–water partition coefficient (Wildman–Crippen LogP) is 5.89. The van der Waals surface area contributed by atoms with Crippen molar-refractivity contribution in [2.24, 2.45) is 0 Å². The second kappa shape index (κ2) is 12.1. The summed E-state index contributed by atoms with van der Waals surface area (Å²) >= 11 is 11.1. The van der Waals surface area contributed by atoms with E-state index >= 15 is 0 Å². The summed E-state index contributed by atoms with van der Waals surface area (Å²) in [6, 6.07) is 4.98. The molecule has 178 valence electrons. The first-order valence-electron chi connectivity index (χ1n) is 10.1. The largest absolute Gasteiger partial charge is 0.530 e. The average Bonchev–Trinajstić information content (AvgIpc) is 3.27. The Balaban J connectivity index is 0.000000860. The van der Waals surface area contributed by atoms with Gasteiger partial charge in [0.25, 0.3) is 5.56 Å². The van der Waals surface area contributed by atoms with Crippen LogP contribution in [0, 0.1) is 11.7 Å². The maximum atomic E-state index is 12.7. The van der Waals surface area contributed by atoms with E-state index in [1.165, 1.54) is 0 Å². The van der Waals surface area contributed by atoms with Gasteiger partial charge in [-0.25, -0.2) is 4.57 Å². The number of H-pyrrole nitrogens is 1. The van der Waals surface area contributed by atoms with Gasteiger partial charge in [0.2, 0.25) is 0 Å². The standard InChI is InChI=1S/C17H18ClN2O6PS.C2H6.CH3F/c1-10-7-20(17(28)19-16(10)21)15-5-3-13(25-15)9-24-27(22)23-8-11-6-12(18)2-4-14(11)26-27;2*1-2/h2,4,6-7,13,15H,3,5,8-9H2,1H3,(H,19,21,28);1-2H3;1H3. The molecule has 8 nitrogen and oxygen atoms in total. The third-order valence-corrected chi connectivity index (χ3v) is 6.45. The van der Waals surface area contributed by atoms with Crippen molar-refractivity contribution in [1.82, 2.24) is 9.55 Å². The summed E-state index contributed by atoms with van der Waals surface area (Å²) in [6.07, 6.45) is 2.40. The molecule has 3 unspecified atom stereocenters. The van der Waals surface area contributed by atoms with Gasteiger partial charge < -0.3 is 9.26 Å². The lowest BCUT2D eigenvalue weighted by molar-refractivity contribution is -0.0256. The first kappa shape index (κ1) is 26.7. The highest BCUT2D eigenvalue weighted by Gasteiger charge is 2.37. The number of halogens is 2. The summed E-state index contributed by atoms with van der Waals surface area (Å²) in [5.41, 5.74) is 1.04. The Labute approximate surface area is 196 Å². The van der Waals surface area contributed by atoms with Crippen LogP contribution in [0.4, 0.5) is 4.39 Å². The Morgan fingerprint density at radius 2 is 2.06 bits per heavy atom. The summed E-state index contributed by atoms with van der Waals surface area (Å²) in [5.74, 6) is 0.430.